The second-order valence-electron chi connectivity index (χ2n) is 4.64. The average molecular weight is 363 g/mol. The molecule has 3 N–H and O–H groups in total. The third-order valence-corrected chi connectivity index (χ3v) is 4.61. The van der Waals surface area contributed by atoms with Gasteiger partial charge in [-0.05, 0) is 18.2 Å². The number of thioether (sulfide) groups is 1. The summed E-state index contributed by atoms with van der Waals surface area (Å²) in [6.45, 7) is 5.66. The number of aromatic nitrogens is 2. The monoisotopic (exact) mass is 363 g/mol. The summed E-state index contributed by atoms with van der Waals surface area (Å²) in [6.07, 6.45) is 1.73. The van der Waals surface area contributed by atoms with E-state index in [1.54, 1.807) is 30.3 Å². The molecule has 0 saturated heterocycles. The van der Waals surface area contributed by atoms with Crippen LogP contribution in [0.3, 0.4) is 0 Å². The van der Waals surface area contributed by atoms with Crippen molar-refractivity contribution in [3.05, 3.63) is 36.9 Å². The molecule has 1 heterocycles. The summed E-state index contributed by atoms with van der Waals surface area (Å²) in [6, 6.07) is 6.98. The minimum atomic E-state index is -0.161. The molecule has 24 heavy (non-hydrogen) atoms. The second kappa shape index (κ2) is 9.04. The standard InChI is InChI=1S/C15H17N5O2S2/c1-3-7-16-14-19-20-15(24-14)23-9-13(22)18-12-6-4-5-11(8-12)17-10(2)21/h3-6,8H,1,7,9H2,2H3,(H,16,19)(H,17,21)(H,18,22). The van der Waals surface area contributed by atoms with Gasteiger partial charge in [0.05, 0.1) is 5.75 Å². The van der Waals surface area contributed by atoms with E-state index in [2.05, 4.69) is 32.7 Å². The summed E-state index contributed by atoms with van der Waals surface area (Å²) in [4.78, 5) is 23.1. The smallest absolute Gasteiger partial charge is 0.234 e. The zero-order valence-electron chi connectivity index (χ0n) is 13.0. The first-order valence-corrected chi connectivity index (χ1v) is 8.85. The Bertz CT molecular complexity index is 732. The molecule has 1 aromatic carbocycles. The first kappa shape index (κ1) is 18.0. The summed E-state index contributed by atoms with van der Waals surface area (Å²) in [5.74, 6) is -0.0950. The fourth-order valence-corrected chi connectivity index (χ4v) is 3.26. The van der Waals surface area contributed by atoms with Crippen molar-refractivity contribution in [3.63, 3.8) is 0 Å². The molecule has 0 spiro atoms. The normalized spacial score (nSPS) is 10.0. The first-order valence-electron chi connectivity index (χ1n) is 7.05. The molecule has 0 atom stereocenters. The lowest BCUT2D eigenvalue weighted by Gasteiger charge is -2.07. The Balaban J connectivity index is 1.83. The van der Waals surface area contributed by atoms with Crippen molar-refractivity contribution in [1.29, 1.82) is 0 Å². The van der Waals surface area contributed by atoms with Crippen LogP contribution >= 0.6 is 23.1 Å². The van der Waals surface area contributed by atoms with Gasteiger partial charge in [0.1, 0.15) is 0 Å². The maximum absolute atomic E-state index is 12.0. The van der Waals surface area contributed by atoms with Gasteiger partial charge in [-0.25, -0.2) is 0 Å². The lowest BCUT2D eigenvalue weighted by atomic mass is 10.2. The van der Waals surface area contributed by atoms with E-state index in [1.165, 1.54) is 30.0 Å². The summed E-state index contributed by atoms with van der Waals surface area (Å²) >= 11 is 2.70. The predicted molar refractivity (Wildman–Crippen MR) is 98.7 cm³/mol. The van der Waals surface area contributed by atoms with Crippen LogP contribution in [0.15, 0.2) is 41.3 Å². The molecule has 2 rings (SSSR count). The number of nitrogens with zero attached hydrogens (tertiary/aromatic N) is 2. The quantitative estimate of drug-likeness (QED) is 0.493. The van der Waals surface area contributed by atoms with Gasteiger partial charge in [-0.2, -0.15) is 0 Å². The van der Waals surface area contributed by atoms with E-state index in [0.29, 0.717) is 27.4 Å². The molecule has 0 bridgehead atoms. The summed E-state index contributed by atoms with van der Waals surface area (Å²) < 4.78 is 0.712. The van der Waals surface area contributed by atoms with Gasteiger partial charge < -0.3 is 16.0 Å². The van der Waals surface area contributed by atoms with Crippen LogP contribution in [0.4, 0.5) is 16.5 Å². The van der Waals surface area contributed by atoms with E-state index in [4.69, 9.17) is 0 Å². The van der Waals surface area contributed by atoms with Crippen molar-refractivity contribution in [2.24, 2.45) is 0 Å². The lowest BCUT2D eigenvalue weighted by molar-refractivity contribution is -0.114. The van der Waals surface area contributed by atoms with Crippen LogP contribution in [0.1, 0.15) is 6.92 Å². The highest BCUT2D eigenvalue weighted by Crippen LogP contribution is 2.25. The fraction of sp³-hybridized carbons (Fsp3) is 0.200. The zero-order valence-corrected chi connectivity index (χ0v) is 14.7. The SMILES string of the molecule is C=CCNc1nnc(SCC(=O)Nc2cccc(NC(C)=O)c2)s1. The first-order chi connectivity index (χ1) is 11.6. The number of nitrogens with one attached hydrogen (secondary N) is 3. The molecule has 0 aliphatic rings. The molecule has 1 aromatic heterocycles. The van der Waals surface area contributed by atoms with Gasteiger partial charge in [-0.1, -0.05) is 35.2 Å². The molecular formula is C15H17N5O2S2. The van der Waals surface area contributed by atoms with Gasteiger partial charge >= 0.3 is 0 Å². The van der Waals surface area contributed by atoms with Crippen molar-refractivity contribution < 1.29 is 9.59 Å². The van der Waals surface area contributed by atoms with E-state index in [-0.39, 0.29) is 17.6 Å². The summed E-state index contributed by atoms with van der Waals surface area (Å²) in [5.41, 5.74) is 1.26. The topological polar surface area (TPSA) is 96.0 Å². The van der Waals surface area contributed by atoms with Gasteiger partial charge in [0.15, 0.2) is 4.34 Å². The Kier molecular flexibility index (Phi) is 6.76. The number of anilines is 3. The highest BCUT2D eigenvalue weighted by molar-refractivity contribution is 8.01. The molecule has 0 unspecified atom stereocenters. The number of carbonyl (C=O) groups excluding carboxylic acids is 2. The molecule has 126 valence electrons. The fourth-order valence-electron chi connectivity index (χ4n) is 1.70. The van der Waals surface area contributed by atoms with Crippen molar-refractivity contribution in [2.45, 2.75) is 11.3 Å². The molecule has 0 aliphatic heterocycles. The van der Waals surface area contributed by atoms with Crippen molar-refractivity contribution in [2.75, 3.05) is 28.2 Å². The molecule has 9 heteroatoms. The van der Waals surface area contributed by atoms with Crippen molar-refractivity contribution in [3.8, 4) is 0 Å². The Morgan fingerprint density at radius 3 is 2.75 bits per heavy atom. The molecule has 0 saturated carbocycles. The van der Waals surface area contributed by atoms with Crippen molar-refractivity contribution >= 4 is 51.4 Å². The molecule has 0 aliphatic carbocycles. The minimum Gasteiger partial charge on any atom is -0.357 e. The Hall–Kier alpha value is -2.39. The van der Waals surface area contributed by atoms with Crippen LogP contribution in [0, 0.1) is 0 Å². The van der Waals surface area contributed by atoms with E-state index in [9.17, 15) is 9.59 Å². The Morgan fingerprint density at radius 1 is 1.29 bits per heavy atom. The third-order valence-electron chi connectivity index (χ3n) is 2.60. The van der Waals surface area contributed by atoms with Gasteiger partial charge in [0.25, 0.3) is 0 Å². The number of carbonyl (C=O) groups is 2. The van der Waals surface area contributed by atoms with E-state index < -0.39 is 0 Å². The lowest BCUT2D eigenvalue weighted by Crippen LogP contribution is -2.14. The van der Waals surface area contributed by atoms with Gasteiger partial charge in [-0.15, -0.1) is 16.8 Å². The zero-order chi connectivity index (χ0) is 17.4. The molecule has 7 nitrogen and oxygen atoms in total. The number of amides is 2. The predicted octanol–water partition coefficient (Wildman–Crippen LogP) is 2.83. The largest absolute Gasteiger partial charge is 0.357 e. The van der Waals surface area contributed by atoms with E-state index in [0.717, 1.165) is 0 Å². The average Bonchev–Trinajstić information content (AvgIpc) is 2.98. The van der Waals surface area contributed by atoms with Crippen LogP contribution in [0.5, 0.6) is 0 Å². The number of rotatable bonds is 8. The highest BCUT2D eigenvalue weighted by atomic mass is 32.2. The van der Waals surface area contributed by atoms with Crippen LogP contribution in [0.2, 0.25) is 0 Å². The third kappa shape index (κ3) is 6.01. The maximum atomic E-state index is 12.0. The molecule has 0 fully saturated rings. The van der Waals surface area contributed by atoms with E-state index >= 15 is 0 Å². The molecule has 0 radical (unpaired) electrons. The van der Waals surface area contributed by atoms with Gasteiger partial charge in [-0.3, -0.25) is 9.59 Å². The molecular weight excluding hydrogens is 346 g/mol. The number of benzene rings is 1. The summed E-state index contributed by atoms with van der Waals surface area (Å²) in [5, 5.41) is 17.2. The molecule has 2 amide bonds. The minimum absolute atomic E-state index is 0.157. The van der Waals surface area contributed by atoms with Crippen LogP contribution in [-0.4, -0.2) is 34.3 Å². The second-order valence-corrected chi connectivity index (χ2v) is 6.84. The van der Waals surface area contributed by atoms with Crippen LogP contribution in [-0.2, 0) is 9.59 Å². The van der Waals surface area contributed by atoms with Crippen LogP contribution < -0.4 is 16.0 Å². The highest BCUT2D eigenvalue weighted by Gasteiger charge is 2.08. The van der Waals surface area contributed by atoms with Gasteiger partial charge in [0.2, 0.25) is 16.9 Å². The van der Waals surface area contributed by atoms with Crippen LogP contribution in [0.25, 0.3) is 0 Å². The van der Waals surface area contributed by atoms with E-state index in [1.807, 2.05) is 0 Å². The Labute approximate surface area is 147 Å². The molecule has 2 aromatic rings. The Morgan fingerprint density at radius 2 is 2.04 bits per heavy atom. The summed E-state index contributed by atoms with van der Waals surface area (Å²) in [7, 11) is 0. The number of hydrogen-bond acceptors (Lipinski definition) is 7. The van der Waals surface area contributed by atoms with Crippen molar-refractivity contribution in [1.82, 2.24) is 10.2 Å². The van der Waals surface area contributed by atoms with Gasteiger partial charge in [0, 0.05) is 24.8 Å². The maximum Gasteiger partial charge on any atom is 0.234 e. The number of hydrogen-bond donors (Lipinski definition) is 3.